The molecule has 2 aliphatic rings. The van der Waals surface area contributed by atoms with Gasteiger partial charge in [-0.3, -0.25) is 4.79 Å². The molecule has 1 spiro atoms. The molecular weight excluding hydrogens is 210 g/mol. The minimum absolute atomic E-state index is 0.285. The Balaban J connectivity index is 2.13. The molecule has 17 heavy (non-hydrogen) atoms. The van der Waals surface area contributed by atoms with Crippen LogP contribution < -0.4 is 5.32 Å². The van der Waals surface area contributed by atoms with Gasteiger partial charge in [0, 0.05) is 12.5 Å². The first-order chi connectivity index (χ1) is 7.93. The Morgan fingerprint density at radius 3 is 2.65 bits per heavy atom. The summed E-state index contributed by atoms with van der Waals surface area (Å²) in [6.45, 7) is 9.24. The van der Waals surface area contributed by atoms with E-state index >= 15 is 0 Å². The quantitative estimate of drug-likeness (QED) is 0.784. The third-order valence-corrected chi connectivity index (χ3v) is 5.09. The van der Waals surface area contributed by atoms with Crippen molar-refractivity contribution in [2.45, 2.75) is 65.8 Å². The van der Waals surface area contributed by atoms with E-state index in [0.29, 0.717) is 12.0 Å². The van der Waals surface area contributed by atoms with E-state index in [1.165, 1.54) is 19.3 Å². The molecule has 2 fully saturated rings. The molecule has 2 nitrogen and oxygen atoms in total. The van der Waals surface area contributed by atoms with Crippen LogP contribution in [0.1, 0.15) is 59.8 Å². The van der Waals surface area contributed by atoms with Gasteiger partial charge in [-0.1, -0.05) is 27.7 Å². The average molecular weight is 237 g/mol. The van der Waals surface area contributed by atoms with Gasteiger partial charge < -0.3 is 5.32 Å². The van der Waals surface area contributed by atoms with Gasteiger partial charge in [0.1, 0.15) is 0 Å². The lowest BCUT2D eigenvalue weighted by Gasteiger charge is -2.43. The highest BCUT2D eigenvalue weighted by Gasteiger charge is 2.49. The maximum Gasteiger partial charge on any atom is 0.220 e. The zero-order valence-corrected chi connectivity index (χ0v) is 11.8. The summed E-state index contributed by atoms with van der Waals surface area (Å²) in [5.74, 6) is 2.56. The molecule has 1 amide bonds. The summed E-state index contributed by atoms with van der Waals surface area (Å²) in [4.78, 5) is 11.8. The van der Waals surface area contributed by atoms with E-state index in [2.05, 4.69) is 33.0 Å². The fourth-order valence-corrected chi connectivity index (χ4v) is 3.84. The van der Waals surface area contributed by atoms with E-state index < -0.39 is 0 Å². The average Bonchev–Trinajstić information content (AvgIpc) is 2.49. The largest absolute Gasteiger partial charge is 0.353 e. The molecule has 2 heteroatoms. The predicted octanol–water partition coefficient (Wildman–Crippen LogP) is 3.36. The van der Waals surface area contributed by atoms with Crippen molar-refractivity contribution in [2.24, 2.45) is 23.2 Å². The Morgan fingerprint density at radius 2 is 2.06 bits per heavy atom. The Hall–Kier alpha value is -0.530. The first-order valence-corrected chi connectivity index (χ1v) is 7.22. The van der Waals surface area contributed by atoms with Gasteiger partial charge in [-0.05, 0) is 48.9 Å². The zero-order valence-electron chi connectivity index (χ0n) is 11.8. The van der Waals surface area contributed by atoms with Gasteiger partial charge in [0.2, 0.25) is 5.91 Å². The molecule has 98 valence electrons. The summed E-state index contributed by atoms with van der Waals surface area (Å²) in [6, 6.07) is 0.435. The van der Waals surface area contributed by atoms with Gasteiger partial charge in [0.05, 0.1) is 0 Å². The van der Waals surface area contributed by atoms with Gasteiger partial charge >= 0.3 is 0 Å². The fraction of sp³-hybridized carbons (Fsp3) is 0.933. The van der Waals surface area contributed by atoms with Gasteiger partial charge in [0.25, 0.3) is 0 Å². The fourth-order valence-electron chi connectivity index (χ4n) is 3.84. The highest BCUT2D eigenvalue weighted by Crippen LogP contribution is 2.50. The molecule has 1 heterocycles. The minimum Gasteiger partial charge on any atom is -0.353 e. The van der Waals surface area contributed by atoms with Crippen molar-refractivity contribution >= 4 is 5.91 Å². The lowest BCUT2D eigenvalue weighted by atomic mass is 9.62. The van der Waals surface area contributed by atoms with E-state index in [1.54, 1.807) is 0 Å². The number of hydrogen-bond acceptors (Lipinski definition) is 1. The summed E-state index contributed by atoms with van der Waals surface area (Å²) in [7, 11) is 0. The Morgan fingerprint density at radius 1 is 1.35 bits per heavy atom. The minimum atomic E-state index is 0.285. The number of hydrogen-bond donors (Lipinski definition) is 1. The van der Waals surface area contributed by atoms with Crippen LogP contribution in [0.15, 0.2) is 0 Å². The van der Waals surface area contributed by atoms with Crippen molar-refractivity contribution in [1.29, 1.82) is 0 Å². The monoisotopic (exact) mass is 237 g/mol. The van der Waals surface area contributed by atoms with Crippen molar-refractivity contribution in [2.75, 3.05) is 0 Å². The van der Waals surface area contributed by atoms with Gasteiger partial charge in [-0.15, -0.1) is 0 Å². The van der Waals surface area contributed by atoms with Gasteiger partial charge in [-0.25, -0.2) is 0 Å². The highest BCUT2D eigenvalue weighted by molar-refractivity contribution is 5.80. The third kappa shape index (κ3) is 2.51. The van der Waals surface area contributed by atoms with Gasteiger partial charge in [0.15, 0.2) is 0 Å². The van der Waals surface area contributed by atoms with Crippen molar-refractivity contribution in [3.63, 3.8) is 0 Å². The molecule has 2 rings (SSSR count). The Kier molecular flexibility index (Phi) is 3.51. The lowest BCUT2D eigenvalue weighted by molar-refractivity contribution is -0.120. The Labute approximate surface area is 106 Å². The van der Waals surface area contributed by atoms with Crippen LogP contribution in [0, 0.1) is 23.2 Å². The summed E-state index contributed by atoms with van der Waals surface area (Å²) in [5.41, 5.74) is 0.285. The molecule has 1 saturated heterocycles. The number of nitrogens with one attached hydrogen (secondary N) is 1. The number of carbonyl (C=O) groups excluding carboxylic acids is 1. The molecule has 0 aromatic carbocycles. The Bertz CT molecular complexity index is 299. The highest BCUT2D eigenvalue weighted by atomic mass is 16.2. The molecule has 0 aromatic rings. The van der Waals surface area contributed by atoms with Crippen LogP contribution in [-0.4, -0.2) is 11.9 Å². The maximum atomic E-state index is 11.8. The van der Waals surface area contributed by atoms with Crippen LogP contribution in [0.2, 0.25) is 0 Å². The molecule has 0 bridgehead atoms. The molecule has 1 N–H and O–H groups in total. The molecule has 0 aromatic heterocycles. The van der Waals surface area contributed by atoms with E-state index in [9.17, 15) is 4.79 Å². The molecule has 1 saturated carbocycles. The predicted molar refractivity (Wildman–Crippen MR) is 70.6 cm³/mol. The van der Waals surface area contributed by atoms with Crippen molar-refractivity contribution in [1.82, 2.24) is 5.32 Å². The van der Waals surface area contributed by atoms with Crippen LogP contribution in [-0.2, 0) is 4.79 Å². The number of rotatable bonds is 2. The molecule has 1 aliphatic heterocycles. The van der Waals surface area contributed by atoms with Crippen LogP contribution in [0.4, 0.5) is 0 Å². The molecule has 0 radical (unpaired) electrons. The number of amides is 1. The van der Waals surface area contributed by atoms with Crippen molar-refractivity contribution < 1.29 is 4.79 Å². The molecule has 4 unspecified atom stereocenters. The van der Waals surface area contributed by atoms with E-state index in [-0.39, 0.29) is 11.3 Å². The zero-order chi connectivity index (χ0) is 12.6. The van der Waals surface area contributed by atoms with Crippen LogP contribution in [0.25, 0.3) is 0 Å². The first kappa shape index (κ1) is 12.9. The standard InChI is InChI=1S/C15H27NO/c1-10(2)7-13-15(9-14(17)16-13)6-5-11(3)12(4)8-15/h10-13H,5-9H2,1-4H3,(H,16,17). The topological polar surface area (TPSA) is 29.1 Å². The lowest BCUT2D eigenvalue weighted by Crippen LogP contribution is -2.42. The normalized spacial score (nSPS) is 42.2. The van der Waals surface area contributed by atoms with Gasteiger partial charge in [-0.2, -0.15) is 0 Å². The van der Waals surface area contributed by atoms with Crippen LogP contribution in [0.3, 0.4) is 0 Å². The van der Waals surface area contributed by atoms with Crippen LogP contribution in [0.5, 0.6) is 0 Å². The second-order valence-corrected chi connectivity index (χ2v) is 6.99. The summed E-state index contributed by atoms with van der Waals surface area (Å²) in [6.07, 6.45) is 5.71. The second kappa shape index (κ2) is 4.62. The molecule has 1 aliphatic carbocycles. The molecular formula is C15H27NO. The van der Waals surface area contributed by atoms with Crippen LogP contribution >= 0.6 is 0 Å². The summed E-state index contributed by atoms with van der Waals surface area (Å²) in [5, 5.41) is 3.24. The number of carbonyl (C=O) groups is 1. The molecule has 4 atom stereocenters. The second-order valence-electron chi connectivity index (χ2n) is 6.99. The summed E-state index contributed by atoms with van der Waals surface area (Å²) >= 11 is 0. The third-order valence-electron chi connectivity index (χ3n) is 5.09. The van der Waals surface area contributed by atoms with E-state index in [4.69, 9.17) is 0 Å². The maximum absolute atomic E-state index is 11.8. The van der Waals surface area contributed by atoms with Crippen molar-refractivity contribution in [3.05, 3.63) is 0 Å². The summed E-state index contributed by atoms with van der Waals surface area (Å²) < 4.78 is 0. The van der Waals surface area contributed by atoms with E-state index in [1.807, 2.05) is 0 Å². The first-order valence-electron chi connectivity index (χ1n) is 7.22. The SMILES string of the molecule is CC(C)CC1NC(=O)CC12CCC(C)C(C)C2. The smallest absolute Gasteiger partial charge is 0.220 e. The van der Waals surface area contributed by atoms with Crippen molar-refractivity contribution in [3.8, 4) is 0 Å². The van der Waals surface area contributed by atoms with E-state index in [0.717, 1.165) is 24.7 Å².